The van der Waals surface area contributed by atoms with Crippen molar-refractivity contribution < 1.29 is 22.7 Å². The smallest absolute Gasteiger partial charge is 0.381 e. The highest BCUT2D eigenvalue weighted by molar-refractivity contribution is 5.78. The molecule has 0 atom stereocenters. The zero-order valence-corrected chi connectivity index (χ0v) is 13.2. The summed E-state index contributed by atoms with van der Waals surface area (Å²) in [5.41, 5.74) is -0.229. The van der Waals surface area contributed by atoms with E-state index in [4.69, 9.17) is 4.74 Å². The molecular formula is C16H21F3N2O2. The average molecular weight is 330 g/mol. The van der Waals surface area contributed by atoms with Crippen LogP contribution < -0.4 is 10.6 Å². The van der Waals surface area contributed by atoms with Crippen LogP contribution in [0.3, 0.4) is 0 Å². The molecule has 1 fully saturated rings. The predicted octanol–water partition coefficient (Wildman–Crippen LogP) is 2.50. The molecule has 0 saturated heterocycles. The summed E-state index contributed by atoms with van der Waals surface area (Å²) in [4.78, 5) is 11.2. The Hall–Kier alpha value is -1.44. The van der Waals surface area contributed by atoms with Crippen LogP contribution in [0, 0.1) is 0 Å². The van der Waals surface area contributed by atoms with Crippen LogP contribution in [-0.2, 0) is 24.0 Å². The van der Waals surface area contributed by atoms with Crippen molar-refractivity contribution in [3.8, 4) is 0 Å². The Morgan fingerprint density at radius 2 is 2.00 bits per heavy atom. The number of carbonyl (C=O) groups is 1. The van der Waals surface area contributed by atoms with Crippen LogP contribution in [0.4, 0.5) is 13.2 Å². The average Bonchev–Trinajstić information content (AvgIpc) is 2.45. The lowest BCUT2D eigenvalue weighted by atomic mass is 9.89. The third-order valence-electron chi connectivity index (χ3n) is 4.15. The number of benzene rings is 1. The zero-order valence-electron chi connectivity index (χ0n) is 13.2. The maximum absolute atomic E-state index is 13.3. The van der Waals surface area contributed by atoms with Crippen molar-refractivity contribution in [3.05, 3.63) is 34.4 Å². The number of nitrogens with one attached hydrogen (secondary N) is 2. The van der Waals surface area contributed by atoms with Crippen LogP contribution in [0.5, 0.6) is 0 Å². The number of aldehydes is 1. The Morgan fingerprint density at radius 3 is 2.52 bits per heavy atom. The second kappa shape index (κ2) is 7.42. The molecule has 0 unspecified atom stereocenters. The maximum atomic E-state index is 13.3. The Kier molecular flexibility index (Phi) is 5.78. The molecule has 2 rings (SSSR count). The molecule has 128 valence electrons. The van der Waals surface area contributed by atoms with Crippen LogP contribution in [0.2, 0.25) is 0 Å². The molecule has 4 nitrogen and oxygen atoms in total. The van der Waals surface area contributed by atoms with E-state index >= 15 is 0 Å². The first kappa shape index (κ1) is 17.9. The molecule has 23 heavy (non-hydrogen) atoms. The molecule has 1 saturated carbocycles. The van der Waals surface area contributed by atoms with E-state index in [1.165, 1.54) is 6.07 Å². The molecule has 0 amide bonds. The van der Waals surface area contributed by atoms with Gasteiger partial charge in [0.2, 0.25) is 0 Å². The van der Waals surface area contributed by atoms with Crippen molar-refractivity contribution in [1.82, 2.24) is 10.6 Å². The number of hydrogen-bond acceptors (Lipinski definition) is 4. The fourth-order valence-corrected chi connectivity index (χ4v) is 2.78. The van der Waals surface area contributed by atoms with Crippen molar-refractivity contribution in [1.29, 1.82) is 0 Å². The molecule has 2 N–H and O–H groups in total. The summed E-state index contributed by atoms with van der Waals surface area (Å²) in [5, 5.41) is 5.88. The summed E-state index contributed by atoms with van der Waals surface area (Å²) in [6.07, 6.45) is -2.09. The van der Waals surface area contributed by atoms with Gasteiger partial charge in [-0.2, -0.15) is 13.2 Å². The first-order chi connectivity index (χ1) is 10.9. The van der Waals surface area contributed by atoms with Gasteiger partial charge in [0.1, 0.15) is 6.29 Å². The lowest BCUT2D eigenvalue weighted by molar-refractivity contribution is -0.138. The number of methoxy groups -OCH3 is 1. The lowest BCUT2D eigenvalue weighted by Crippen LogP contribution is -2.44. The van der Waals surface area contributed by atoms with Crippen molar-refractivity contribution in [2.75, 3.05) is 14.2 Å². The summed E-state index contributed by atoms with van der Waals surface area (Å²) >= 11 is 0. The van der Waals surface area contributed by atoms with Crippen molar-refractivity contribution >= 4 is 6.29 Å². The molecule has 0 radical (unpaired) electrons. The highest BCUT2D eigenvalue weighted by atomic mass is 19.4. The highest BCUT2D eigenvalue weighted by Gasteiger charge is 2.35. The number of hydrogen-bond donors (Lipinski definition) is 2. The van der Waals surface area contributed by atoms with Gasteiger partial charge in [-0.1, -0.05) is 0 Å². The van der Waals surface area contributed by atoms with Crippen molar-refractivity contribution in [3.63, 3.8) is 0 Å². The van der Waals surface area contributed by atoms with E-state index < -0.39 is 11.7 Å². The van der Waals surface area contributed by atoms with E-state index in [1.54, 1.807) is 14.2 Å². The minimum Gasteiger partial charge on any atom is -0.381 e. The predicted molar refractivity (Wildman–Crippen MR) is 80.3 cm³/mol. The Balaban J connectivity index is 2.18. The SMILES string of the molecule is CNCc1c(C=O)cc(CNC2CC(OC)C2)cc1C(F)(F)F. The van der Waals surface area contributed by atoms with E-state index in [9.17, 15) is 18.0 Å². The Labute approximate surface area is 133 Å². The monoisotopic (exact) mass is 330 g/mol. The fourth-order valence-electron chi connectivity index (χ4n) is 2.78. The van der Waals surface area contributed by atoms with Gasteiger partial charge in [0.05, 0.1) is 11.7 Å². The first-order valence-corrected chi connectivity index (χ1v) is 7.48. The van der Waals surface area contributed by atoms with Gasteiger partial charge in [0.15, 0.2) is 0 Å². The minimum atomic E-state index is -4.49. The van der Waals surface area contributed by atoms with Crippen molar-refractivity contribution in [2.24, 2.45) is 0 Å². The van der Waals surface area contributed by atoms with E-state index in [-0.39, 0.29) is 29.8 Å². The summed E-state index contributed by atoms with van der Waals surface area (Å²) < 4.78 is 45.0. The molecule has 7 heteroatoms. The summed E-state index contributed by atoms with van der Waals surface area (Å²) in [5.74, 6) is 0. The van der Waals surface area contributed by atoms with Crippen LogP contribution in [0.15, 0.2) is 12.1 Å². The van der Waals surface area contributed by atoms with Crippen LogP contribution in [0.25, 0.3) is 0 Å². The molecule has 0 bridgehead atoms. The first-order valence-electron chi connectivity index (χ1n) is 7.48. The Bertz CT molecular complexity index is 555. The Morgan fingerprint density at radius 1 is 1.30 bits per heavy atom. The second-order valence-electron chi connectivity index (χ2n) is 5.76. The van der Waals surface area contributed by atoms with Crippen LogP contribution in [-0.4, -0.2) is 32.6 Å². The van der Waals surface area contributed by atoms with E-state index in [0.717, 1.165) is 18.9 Å². The minimum absolute atomic E-state index is 0.00519. The summed E-state index contributed by atoms with van der Waals surface area (Å²) in [7, 11) is 3.19. The highest BCUT2D eigenvalue weighted by Crippen LogP contribution is 2.34. The van der Waals surface area contributed by atoms with E-state index in [1.807, 2.05) is 0 Å². The van der Waals surface area contributed by atoms with Crippen LogP contribution in [0.1, 0.15) is 39.9 Å². The standard InChI is InChI=1S/C16H21F3N2O2/c1-20-8-14-11(9-22)3-10(4-15(14)16(17,18)19)7-21-12-5-13(6-12)23-2/h3-4,9,12-13,20-21H,5-8H2,1-2H3. The normalized spacial score (nSPS) is 21.1. The number of halogens is 3. The van der Waals surface area contributed by atoms with Gasteiger partial charge in [-0.3, -0.25) is 4.79 Å². The number of carbonyl (C=O) groups excluding carboxylic acids is 1. The summed E-state index contributed by atoms with van der Waals surface area (Å²) in [6.45, 7) is 0.291. The van der Waals surface area contributed by atoms with Gasteiger partial charge in [-0.05, 0) is 43.1 Å². The molecular weight excluding hydrogens is 309 g/mol. The molecule has 1 aliphatic rings. The fraction of sp³-hybridized carbons (Fsp3) is 0.562. The van der Waals surface area contributed by atoms with Gasteiger partial charge >= 0.3 is 6.18 Å². The van der Waals surface area contributed by atoms with E-state index in [2.05, 4.69) is 10.6 Å². The quantitative estimate of drug-likeness (QED) is 0.754. The number of alkyl halides is 3. The van der Waals surface area contributed by atoms with Crippen LogP contribution >= 0.6 is 0 Å². The summed E-state index contributed by atoms with van der Waals surface area (Å²) in [6, 6.07) is 2.89. The van der Waals surface area contributed by atoms with Gasteiger partial charge < -0.3 is 15.4 Å². The lowest BCUT2D eigenvalue weighted by Gasteiger charge is -2.35. The molecule has 0 aromatic heterocycles. The molecule has 0 spiro atoms. The molecule has 1 aliphatic carbocycles. The largest absolute Gasteiger partial charge is 0.416 e. The third kappa shape index (κ3) is 4.31. The molecule has 0 aliphatic heterocycles. The van der Waals surface area contributed by atoms with Crippen molar-refractivity contribution in [2.45, 2.75) is 44.3 Å². The third-order valence-corrected chi connectivity index (χ3v) is 4.15. The maximum Gasteiger partial charge on any atom is 0.416 e. The molecule has 1 aromatic rings. The molecule has 0 heterocycles. The van der Waals surface area contributed by atoms with Gasteiger partial charge in [0.25, 0.3) is 0 Å². The van der Waals surface area contributed by atoms with Gasteiger partial charge in [-0.15, -0.1) is 0 Å². The van der Waals surface area contributed by atoms with Gasteiger partial charge in [0, 0.05) is 31.8 Å². The number of ether oxygens (including phenoxy) is 1. The van der Waals surface area contributed by atoms with E-state index in [0.29, 0.717) is 18.4 Å². The number of rotatable bonds is 7. The zero-order chi connectivity index (χ0) is 17.0. The second-order valence-corrected chi connectivity index (χ2v) is 5.76. The topological polar surface area (TPSA) is 50.4 Å². The van der Waals surface area contributed by atoms with Gasteiger partial charge in [-0.25, -0.2) is 0 Å². The molecule has 1 aromatic carbocycles.